The lowest BCUT2D eigenvalue weighted by molar-refractivity contribution is 1.31. The molecule has 4 rings (SSSR count). The van der Waals surface area contributed by atoms with E-state index in [2.05, 4.69) is 23.5 Å². The summed E-state index contributed by atoms with van der Waals surface area (Å²) in [5.41, 5.74) is 4.30. The molecule has 110 valence electrons. The summed E-state index contributed by atoms with van der Waals surface area (Å²) < 4.78 is 0. The maximum absolute atomic E-state index is 6.20. The molecular formula is C16H9Cl3N2S. The zero-order chi connectivity index (χ0) is 15.3. The SMILES string of the molecule is Clc1cc(Cl)c(Nc2nc3c(s2)Cc2ccccc2-3)cc1Cl. The number of thiazole rings is 1. The molecule has 0 aliphatic heterocycles. The molecule has 0 radical (unpaired) electrons. The van der Waals surface area contributed by atoms with Crippen LogP contribution in [0, 0.1) is 0 Å². The van der Waals surface area contributed by atoms with Crippen molar-refractivity contribution in [2.24, 2.45) is 0 Å². The standard InChI is InChI=1S/C16H9Cl3N2S/c17-10-6-12(19)13(7-11(10)18)20-16-21-15-9-4-2-1-3-8(9)5-14(15)22-16/h1-4,6-7H,5H2,(H,20,21). The van der Waals surface area contributed by atoms with Crippen LogP contribution in [0.5, 0.6) is 0 Å². The minimum atomic E-state index is 0.438. The topological polar surface area (TPSA) is 24.9 Å². The second-order valence-electron chi connectivity index (χ2n) is 5.00. The van der Waals surface area contributed by atoms with Crippen molar-refractivity contribution in [1.82, 2.24) is 4.98 Å². The number of anilines is 2. The summed E-state index contributed by atoms with van der Waals surface area (Å²) in [6, 6.07) is 11.7. The van der Waals surface area contributed by atoms with Gasteiger partial charge in [-0.15, -0.1) is 11.3 Å². The number of nitrogens with zero attached hydrogens (tertiary/aromatic N) is 1. The molecule has 2 aromatic carbocycles. The molecule has 6 heteroatoms. The third-order valence-electron chi connectivity index (χ3n) is 3.57. The number of halogens is 3. The van der Waals surface area contributed by atoms with Crippen molar-refractivity contribution in [3.8, 4) is 11.3 Å². The Balaban J connectivity index is 1.69. The number of hydrogen-bond donors (Lipinski definition) is 1. The van der Waals surface area contributed by atoms with E-state index < -0.39 is 0 Å². The Morgan fingerprint density at radius 1 is 1.00 bits per heavy atom. The lowest BCUT2D eigenvalue weighted by atomic mass is 10.1. The Kier molecular flexibility index (Phi) is 3.54. The van der Waals surface area contributed by atoms with Gasteiger partial charge in [-0.25, -0.2) is 4.98 Å². The van der Waals surface area contributed by atoms with Gasteiger partial charge in [-0.3, -0.25) is 0 Å². The van der Waals surface area contributed by atoms with Crippen LogP contribution in [0.1, 0.15) is 10.4 Å². The van der Waals surface area contributed by atoms with E-state index in [1.165, 1.54) is 16.0 Å². The molecule has 0 bridgehead atoms. The highest BCUT2D eigenvalue weighted by atomic mass is 35.5. The Morgan fingerprint density at radius 2 is 1.77 bits per heavy atom. The molecule has 1 N–H and O–H groups in total. The molecule has 0 saturated heterocycles. The lowest BCUT2D eigenvalue weighted by Crippen LogP contribution is -1.91. The third kappa shape index (κ3) is 2.38. The predicted octanol–water partition coefficient (Wildman–Crippen LogP) is 6.42. The van der Waals surface area contributed by atoms with Crippen LogP contribution in [-0.4, -0.2) is 4.98 Å². The minimum Gasteiger partial charge on any atom is -0.330 e. The Labute approximate surface area is 146 Å². The summed E-state index contributed by atoms with van der Waals surface area (Å²) in [4.78, 5) is 5.96. The first-order chi connectivity index (χ1) is 10.6. The Bertz CT molecular complexity index is 889. The van der Waals surface area contributed by atoms with E-state index in [1.807, 2.05) is 6.07 Å². The lowest BCUT2D eigenvalue weighted by Gasteiger charge is -2.07. The van der Waals surface area contributed by atoms with Gasteiger partial charge in [0.2, 0.25) is 0 Å². The first kappa shape index (κ1) is 14.3. The molecule has 0 saturated carbocycles. The number of aromatic nitrogens is 1. The molecule has 2 nitrogen and oxygen atoms in total. The maximum Gasteiger partial charge on any atom is 0.188 e. The minimum absolute atomic E-state index is 0.438. The second-order valence-corrected chi connectivity index (χ2v) is 7.30. The monoisotopic (exact) mass is 366 g/mol. The van der Waals surface area contributed by atoms with Crippen molar-refractivity contribution in [2.75, 3.05) is 5.32 Å². The maximum atomic E-state index is 6.20. The number of hydrogen-bond acceptors (Lipinski definition) is 3. The molecule has 0 spiro atoms. The number of benzene rings is 2. The van der Waals surface area contributed by atoms with Crippen molar-refractivity contribution in [2.45, 2.75) is 6.42 Å². The van der Waals surface area contributed by atoms with Gasteiger partial charge < -0.3 is 5.32 Å². The van der Waals surface area contributed by atoms with E-state index in [9.17, 15) is 0 Å². The van der Waals surface area contributed by atoms with Crippen molar-refractivity contribution < 1.29 is 0 Å². The normalized spacial score (nSPS) is 12.1. The van der Waals surface area contributed by atoms with Crippen LogP contribution in [0.3, 0.4) is 0 Å². The molecule has 0 fully saturated rings. The van der Waals surface area contributed by atoms with Gasteiger partial charge in [-0.1, -0.05) is 59.1 Å². The van der Waals surface area contributed by atoms with Crippen LogP contribution < -0.4 is 5.32 Å². The van der Waals surface area contributed by atoms with E-state index in [-0.39, 0.29) is 0 Å². The average Bonchev–Trinajstić information content (AvgIpc) is 3.02. The van der Waals surface area contributed by atoms with Gasteiger partial charge in [0.25, 0.3) is 0 Å². The molecule has 0 atom stereocenters. The summed E-state index contributed by atoms with van der Waals surface area (Å²) in [6.45, 7) is 0. The van der Waals surface area contributed by atoms with Crippen molar-refractivity contribution >= 4 is 57.0 Å². The predicted molar refractivity (Wildman–Crippen MR) is 95.1 cm³/mol. The highest BCUT2D eigenvalue weighted by Gasteiger charge is 2.23. The highest BCUT2D eigenvalue weighted by molar-refractivity contribution is 7.16. The first-order valence-electron chi connectivity index (χ1n) is 6.61. The van der Waals surface area contributed by atoms with Crippen LogP contribution in [-0.2, 0) is 6.42 Å². The van der Waals surface area contributed by atoms with Crippen LogP contribution in [0.4, 0.5) is 10.8 Å². The van der Waals surface area contributed by atoms with Gasteiger partial charge in [-0.2, -0.15) is 0 Å². The largest absolute Gasteiger partial charge is 0.330 e. The van der Waals surface area contributed by atoms with E-state index in [0.717, 1.165) is 17.2 Å². The first-order valence-corrected chi connectivity index (χ1v) is 8.56. The van der Waals surface area contributed by atoms with E-state index in [1.54, 1.807) is 23.5 Å². The summed E-state index contributed by atoms with van der Waals surface area (Å²) in [7, 11) is 0. The van der Waals surface area contributed by atoms with Gasteiger partial charge in [0.1, 0.15) is 0 Å². The molecule has 1 aliphatic rings. The number of fused-ring (bicyclic) bond motifs is 3. The molecule has 0 unspecified atom stereocenters. The Hall–Kier alpha value is -1.26. The summed E-state index contributed by atoms with van der Waals surface area (Å²) in [5.74, 6) is 0. The summed E-state index contributed by atoms with van der Waals surface area (Å²) in [6.07, 6.45) is 0.931. The van der Waals surface area contributed by atoms with E-state index in [0.29, 0.717) is 20.8 Å². The fourth-order valence-electron chi connectivity index (χ4n) is 2.55. The van der Waals surface area contributed by atoms with Crippen molar-refractivity contribution in [3.05, 3.63) is 61.9 Å². The van der Waals surface area contributed by atoms with Gasteiger partial charge in [-0.05, 0) is 17.7 Å². The van der Waals surface area contributed by atoms with Crippen LogP contribution in [0.15, 0.2) is 36.4 Å². The molecular weight excluding hydrogens is 359 g/mol. The zero-order valence-corrected chi connectivity index (χ0v) is 14.2. The van der Waals surface area contributed by atoms with E-state index in [4.69, 9.17) is 39.8 Å². The van der Waals surface area contributed by atoms with Gasteiger partial charge >= 0.3 is 0 Å². The molecule has 1 aromatic heterocycles. The Morgan fingerprint density at radius 3 is 2.64 bits per heavy atom. The fourth-order valence-corrected chi connectivity index (χ4v) is 4.15. The molecule has 1 heterocycles. The van der Waals surface area contributed by atoms with Crippen molar-refractivity contribution in [3.63, 3.8) is 0 Å². The molecule has 1 aliphatic carbocycles. The van der Waals surface area contributed by atoms with Crippen LogP contribution in [0.25, 0.3) is 11.3 Å². The third-order valence-corrected chi connectivity index (χ3v) is 5.58. The number of rotatable bonds is 2. The van der Waals surface area contributed by atoms with Crippen LogP contribution in [0.2, 0.25) is 15.1 Å². The number of nitrogens with one attached hydrogen (secondary N) is 1. The van der Waals surface area contributed by atoms with Gasteiger partial charge in [0.05, 0.1) is 26.4 Å². The fraction of sp³-hybridized carbons (Fsp3) is 0.0625. The molecule has 0 amide bonds. The molecule has 22 heavy (non-hydrogen) atoms. The zero-order valence-electron chi connectivity index (χ0n) is 11.2. The highest BCUT2D eigenvalue weighted by Crippen LogP contribution is 2.42. The van der Waals surface area contributed by atoms with Crippen molar-refractivity contribution in [1.29, 1.82) is 0 Å². The molecule has 3 aromatic rings. The quantitative estimate of drug-likeness (QED) is 0.414. The van der Waals surface area contributed by atoms with E-state index >= 15 is 0 Å². The average molecular weight is 368 g/mol. The summed E-state index contributed by atoms with van der Waals surface area (Å²) in [5, 5.41) is 5.46. The smallest absolute Gasteiger partial charge is 0.188 e. The van der Waals surface area contributed by atoms with Gasteiger partial charge in [0, 0.05) is 16.9 Å². The van der Waals surface area contributed by atoms with Gasteiger partial charge in [0.15, 0.2) is 5.13 Å². The second kappa shape index (κ2) is 5.43. The summed E-state index contributed by atoms with van der Waals surface area (Å²) >= 11 is 19.8. The van der Waals surface area contributed by atoms with Crippen LogP contribution >= 0.6 is 46.1 Å².